The predicted molar refractivity (Wildman–Crippen MR) is 198 cm³/mol. The van der Waals surface area contributed by atoms with Crippen LogP contribution in [0.15, 0.2) is 9.98 Å². The second-order valence-electron chi connectivity index (χ2n) is 7.28. The Morgan fingerprint density at radius 2 is 1.07 bits per heavy atom. The van der Waals surface area contributed by atoms with E-state index in [1.807, 2.05) is 0 Å². The molecule has 0 saturated heterocycles. The summed E-state index contributed by atoms with van der Waals surface area (Å²) in [5, 5.41) is 25.2. The molecule has 22 heteroatoms. The number of aliphatic hydroxyl groups excluding tert-OH is 2. The van der Waals surface area contributed by atoms with E-state index in [2.05, 4.69) is 20.6 Å². The molecule has 0 aliphatic carbocycles. The van der Waals surface area contributed by atoms with Crippen LogP contribution >= 0.6 is 94.1 Å². The molecule has 0 rings (SSSR count). The van der Waals surface area contributed by atoms with Gasteiger partial charge in [0, 0.05) is 62.9 Å². The number of rotatable bonds is 34. The van der Waals surface area contributed by atoms with Crippen LogP contribution in [0.1, 0.15) is 0 Å². The maximum atomic E-state index is 11.7. The second-order valence-corrected chi connectivity index (χ2v) is 16.8. The van der Waals surface area contributed by atoms with E-state index in [0.717, 1.165) is 61.5 Å². The van der Waals surface area contributed by atoms with Crippen LogP contribution in [0.25, 0.3) is 0 Å². The lowest BCUT2D eigenvalue weighted by atomic mass is 10.7. The molecule has 0 unspecified atom stereocenters. The molecule has 0 saturated carbocycles. The largest absolute Gasteiger partial charge is 0.449 e. The standard InChI is InChI=1S/C23H44N4O10S8/c28-15-44-17-33-23(31)27-4-10-40-19-38-7-1-24-13-35-34-6-12-43-21-41-9-3-26-22(30)32-5-11-42-20-39-8-2-25-14-36-37-18-45-16-29/h13-14,28-29H,1-12,15-21H2,(H,26,30)(H,27,31). The van der Waals surface area contributed by atoms with Crippen LogP contribution in [-0.2, 0) is 29.0 Å². The van der Waals surface area contributed by atoms with Gasteiger partial charge in [-0.05, 0) is 0 Å². The number of aliphatic imine (C=N–C) groups is 2. The molecular weight excluding hydrogens is 749 g/mol. The fraction of sp³-hybridized carbons (Fsp3) is 0.826. The zero-order chi connectivity index (χ0) is 32.7. The van der Waals surface area contributed by atoms with Crippen LogP contribution in [0.5, 0.6) is 0 Å². The van der Waals surface area contributed by atoms with Gasteiger partial charge < -0.3 is 40.1 Å². The van der Waals surface area contributed by atoms with Gasteiger partial charge >= 0.3 is 12.2 Å². The van der Waals surface area contributed by atoms with Crippen molar-refractivity contribution in [2.75, 3.05) is 113 Å². The van der Waals surface area contributed by atoms with Crippen molar-refractivity contribution < 1.29 is 48.8 Å². The van der Waals surface area contributed by atoms with Crippen molar-refractivity contribution in [1.29, 1.82) is 0 Å². The lowest BCUT2D eigenvalue weighted by Gasteiger charge is -2.07. The van der Waals surface area contributed by atoms with Gasteiger partial charge in [-0.1, -0.05) is 11.8 Å². The number of ether oxygens (including phenoxy) is 2. The van der Waals surface area contributed by atoms with E-state index >= 15 is 0 Å². The number of nitrogens with one attached hydrogen (secondary N) is 2. The van der Waals surface area contributed by atoms with Gasteiger partial charge in [-0.25, -0.2) is 9.59 Å². The van der Waals surface area contributed by atoms with Crippen LogP contribution in [0.2, 0.25) is 0 Å². The number of hydrogen-bond donors (Lipinski definition) is 4. The Bertz CT molecular complexity index is 727. The molecule has 4 N–H and O–H groups in total. The second kappa shape index (κ2) is 40.3. The molecule has 0 aromatic carbocycles. The summed E-state index contributed by atoms with van der Waals surface area (Å²) in [5.74, 6) is 5.13. The number of carbonyl (C=O) groups excluding carboxylic acids is 2. The molecule has 0 fully saturated rings. The Hall–Kier alpha value is 0.120. The third-order valence-corrected chi connectivity index (χ3v) is 11.7. The topological polar surface area (TPSA) is 179 Å². The van der Waals surface area contributed by atoms with Crippen molar-refractivity contribution in [2.24, 2.45) is 9.98 Å². The number of aliphatic hydroxyl groups is 2. The summed E-state index contributed by atoms with van der Waals surface area (Å²) in [6.07, 6.45) is 1.70. The number of nitrogens with zero attached hydrogens (tertiary/aromatic N) is 2. The highest BCUT2D eigenvalue weighted by atomic mass is 32.2. The molecule has 14 nitrogen and oxygen atoms in total. The normalized spacial score (nSPS) is 11.2. The summed E-state index contributed by atoms with van der Waals surface area (Å²) in [4.78, 5) is 50.6. The molecule has 0 bridgehead atoms. The fourth-order valence-electron chi connectivity index (χ4n) is 2.11. The molecule has 45 heavy (non-hydrogen) atoms. The van der Waals surface area contributed by atoms with Gasteiger partial charge in [0.1, 0.15) is 25.1 Å². The zero-order valence-corrected chi connectivity index (χ0v) is 31.4. The molecule has 0 radical (unpaired) electrons. The number of thioether (sulfide) groups is 8. The Kier molecular flexibility index (Phi) is 40.4. The lowest BCUT2D eigenvalue weighted by molar-refractivity contribution is -0.210. The minimum Gasteiger partial charge on any atom is -0.449 e. The molecule has 0 aromatic heterocycles. The van der Waals surface area contributed by atoms with Gasteiger partial charge in [-0.3, -0.25) is 9.98 Å². The fourth-order valence-corrected chi connectivity index (χ4v) is 8.16. The van der Waals surface area contributed by atoms with Crippen molar-refractivity contribution in [3.05, 3.63) is 0 Å². The smallest absolute Gasteiger partial charge is 0.408 e. The molecule has 0 aliphatic heterocycles. The van der Waals surface area contributed by atoms with Gasteiger partial charge in [-0.2, -0.15) is 9.78 Å². The van der Waals surface area contributed by atoms with Crippen LogP contribution in [0.4, 0.5) is 9.59 Å². The maximum Gasteiger partial charge on any atom is 0.408 e. The third-order valence-electron chi connectivity index (χ3n) is 3.99. The van der Waals surface area contributed by atoms with Crippen molar-refractivity contribution >= 4 is 119 Å². The number of carbonyl (C=O) groups is 2. The van der Waals surface area contributed by atoms with Crippen molar-refractivity contribution in [3.63, 3.8) is 0 Å². The first-order valence-corrected chi connectivity index (χ1v) is 22.6. The Balaban J connectivity index is 3.25. The van der Waals surface area contributed by atoms with Gasteiger partial charge in [-0.15, -0.1) is 82.3 Å². The highest BCUT2D eigenvalue weighted by Gasteiger charge is 2.02. The van der Waals surface area contributed by atoms with Crippen LogP contribution in [0, 0.1) is 0 Å². The monoisotopic (exact) mass is 792 g/mol. The molecule has 0 spiro atoms. The number of hydrogen-bond acceptors (Lipinski definition) is 20. The van der Waals surface area contributed by atoms with Crippen molar-refractivity contribution in [3.8, 4) is 0 Å². The Morgan fingerprint density at radius 3 is 1.67 bits per heavy atom. The van der Waals surface area contributed by atoms with Crippen LogP contribution < -0.4 is 10.6 Å². The van der Waals surface area contributed by atoms with Crippen molar-refractivity contribution in [1.82, 2.24) is 10.6 Å². The average Bonchev–Trinajstić information content (AvgIpc) is 3.04. The summed E-state index contributed by atoms with van der Waals surface area (Å²) in [6, 6.07) is 0. The van der Waals surface area contributed by atoms with Gasteiger partial charge in [0.25, 0.3) is 0 Å². The minimum atomic E-state index is -0.471. The van der Waals surface area contributed by atoms with Crippen molar-refractivity contribution in [2.45, 2.75) is 0 Å². The molecule has 264 valence electrons. The summed E-state index contributed by atoms with van der Waals surface area (Å²) in [7, 11) is 0. The molecule has 0 heterocycles. The van der Waals surface area contributed by atoms with Gasteiger partial charge in [0.05, 0.1) is 25.0 Å². The van der Waals surface area contributed by atoms with E-state index < -0.39 is 12.2 Å². The quantitative estimate of drug-likeness (QED) is 0.0184. The van der Waals surface area contributed by atoms with E-state index in [-0.39, 0.29) is 23.8 Å². The predicted octanol–water partition coefficient (Wildman–Crippen LogP) is 3.94. The third kappa shape index (κ3) is 40.2. The van der Waals surface area contributed by atoms with Crippen LogP contribution in [0.3, 0.4) is 0 Å². The number of amides is 2. The van der Waals surface area contributed by atoms with E-state index in [1.54, 1.807) is 70.6 Å². The lowest BCUT2D eigenvalue weighted by Crippen LogP contribution is -2.27. The first-order valence-electron chi connectivity index (χ1n) is 13.4. The van der Waals surface area contributed by atoms with E-state index in [0.29, 0.717) is 39.4 Å². The molecule has 0 aromatic rings. The van der Waals surface area contributed by atoms with E-state index in [1.165, 1.54) is 24.6 Å². The first kappa shape index (κ1) is 45.1. The van der Waals surface area contributed by atoms with E-state index in [4.69, 9.17) is 39.2 Å². The van der Waals surface area contributed by atoms with Gasteiger partial charge in [0.15, 0.2) is 0 Å². The summed E-state index contributed by atoms with van der Waals surface area (Å²) < 4.78 is 10.00. The Morgan fingerprint density at radius 1 is 0.578 bits per heavy atom. The van der Waals surface area contributed by atoms with Crippen LogP contribution in [-0.4, -0.2) is 148 Å². The maximum absolute atomic E-state index is 11.7. The first-order chi connectivity index (χ1) is 22.2. The molecular formula is C23H44N4O10S8. The molecule has 2 amide bonds. The highest BCUT2D eigenvalue weighted by Crippen LogP contribution is 2.13. The summed E-state index contributed by atoms with van der Waals surface area (Å²) in [5.41, 5.74) is 0. The minimum absolute atomic E-state index is 0.0153. The molecule has 0 atom stereocenters. The number of alkyl carbamates (subject to hydrolysis) is 2. The molecule has 0 aliphatic rings. The highest BCUT2D eigenvalue weighted by molar-refractivity contribution is 8.16. The SMILES string of the molecule is O=C(NCCSCSCCOOC=NCCSCSCCNC(=O)OCSCO)OCCSCSCCN=COOCSCO. The summed E-state index contributed by atoms with van der Waals surface area (Å²) in [6.45, 7) is 3.16. The summed E-state index contributed by atoms with van der Waals surface area (Å²) >= 11 is 12.7. The average molecular weight is 793 g/mol. The van der Waals surface area contributed by atoms with Gasteiger partial charge in [0.2, 0.25) is 12.8 Å². The zero-order valence-electron chi connectivity index (χ0n) is 24.9. The Labute approximate surface area is 299 Å². The van der Waals surface area contributed by atoms with E-state index in [9.17, 15) is 9.59 Å².